The average Bonchev–Trinajstić information content (AvgIpc) is 2.46. The van der Waals surface area contributed by atoms with Gasteiger partial charge in [0.05, 0.1) is 0 Å². The number of aryl methyl sites for hydroxylation is 3. The molecule has 0 aliphatic carbocycles. The molecule has 1 heteroatoms. The van der Waals surface area contributed by atoms with Crippen LogP contribution >= 0.6 is 11.6 Å². The summed E-state index contributed by atoms with van der Waals surface area (Å²) >= 11 is 5.90. The molecule has 0 aliphatic heterocycles. The molecule has 0 fully saturated rings. The topological polar surface area (TPSA) is 0 Å². The van der Waals surface area contributed by atoms with Gasteiger partial charge in [-0.25, -0.2) is 0 Å². The third-order valence-electron chi connectivity index (χ3n) is 3.89. The monoisotopic (exact) mass is 286 g/mol. The summed E-state index contributed by atoms with van der Waals surface area (Å²) in [6.45, 7) is 4.49. The van der Waals surface area contributed by atoms with Crippen LogP contribution in [0.4, 0.5) is 0 Å². The molecule has 0 aromatic heterocycles. The fourth-order valence-electron chi connectivity index (χ4n) is 2.38. The van der Waals surface area contributed by atoms with Crippen molar-refractivity contribution in [2.24, 2.45) is 5.92 Å². The third-order valence-corrected chi connectivity index (χ3v) is 4.14. The molecule has 0 spiro atoms. The first-order chi connectivity index (χ1) is 9.63. The zero-order chi connectivity index (χ0) is 14.4. The van der Waals surface area contributed by atoms with Gasteiger partial charge >= 0.3 is 0 Å². The molecular weight excluding hydrogens is 264 g/mol. The Morgan fingerprint density at radius 2 is 1.25 bits per heavy atom. The quantitative estimate of drug-likeness (QED) is 0.625. The number of halogens is 1. The van der Waals surface area contributed by atoms with Gasteiger partial charge in [0, 0.05) is 5.02 Å². The molecule has 0 N–H and O–H groups in total. The van der Waals surface area contributed by atoms with E-state index in [1.165, 1.54) is 36.0 Å². The molecule has 0 bridgehead atoms. The lowest BCUT2D eigenvalue weighted by Gasteiger charge is -2.11. The number of hydrogen-bond donors (Lipinski definition) is 0. The van der Waals surface area contributed by atoms with Crippen LogP contribution in [0.2, 0.25) is 5.02 Å². The summed E-state index contributed by atoms with van der Waals surface area (Å²) < 4.78 is 0. The second kappa shape index (κ2) is 7.50. The van der Waals surface area contributed by atoms with Gasteiger partial charge < -0.3 is 0 Å². The Labute approximate surface area is 127 Å². The van der Waals surface area contributed by atoms with E-state index in [0.29, 0.717) is 0 Å². The van der Waals surface area contributed by atoms with Crippen molar-refractivity contribution in [3.05, 3.63) is 70.2 Å². The van der Waals surface area contributed by atoms with E-state index in [4.69, 9.17) is 11.6 Å². The minimum atomic E-state index is 0.756. The summed E-state index contributed by atoms with van der Waals surface area (Å²) in [7, 11) is 0. The first-order valence-corrected chi connectivity index (χ1v) is 7.81. The Morgan fingerprint density at radius 1 is 0.800 bits per heavy atom. The average molecular weight is 287 g/mol. The van der Waals surface area contributed by atoms with Crippen LogP contribution in [0.5, 0.6) is 0 Å². The molecule has 1 atom stereocenters. The minimum absolute atomic E-state index is 0.756. The lowest BCUT2D eigenvalue weighted by Crippen LogP contribution is -2.00. The Balaban J connectivity index is 1.73. The van der Waals surface area contributed by atoms with Gasteiger partial charge in [0.25, 0.3) is 0 Å². The summed E-state index contributed by atoms with van der Waals surface area (Å²) in [5, 5.41) is 0.821. The predicted octanol–water partition coefficient (Wildman–Crippen LogP) is 5.85. The highest BCUT2D eigenvalue weighted by Gasteiger charge is 2.04. The molecular formula is C19H23Cl. The van der Waals surface area contributed by atoms with Crippen molar-refractivity contribution < 1.29 is 0 Å². The molecule has 0 heterocycles. The van der Waals surface area contributed by atoms with Crippen molar-refractivity contribution >= 4 is 11.6 Å². The minimum Gasteiger partial charge on any atom is -0.0843 e. The van der Waals surface area contributed by atoms with E-state index in [9.17, 15) is 0 Å². The molecule has 0 saturated carbocycles. The summed E-state index contributed by atoms with van der Waals surface area (Å²) in [4.78, 5) is 0. The number of benzene rings is 2. The first-order valence-electron chi connectivity index (χ1n) is 7.43. The van der Waals surface area contributed by atoms with Crippen molar-refractivity contribution in [2.45, 2.75) is 39.5 Å². The Bertz CT molecular complexity index is 461. The molecule has 0 amide bonds. The van der Waals surface area contributed by atoms with Crippen molar-refractivity contribution in [3.8, 4) is 0 Å². The Hall–Kier alpha value is -1.27. The van der Waals surface area contributed by atoms with E-state index < -0.39 is 0 Å². The molecule has 1 unspecified atom stereocenters. The van der Waals surface area contributed by atoms with Crippen LogP contribution in [0.1, 0.15) is 36.5 Å². The van der Waals surface area contributed by atoms with Crippen molar-refractivity contribution in [3.63, 3.8) is 0 Å². The molecule has 0 radical (unpaired) electrons. The number of rotatable bonds is 6. The third kappa shape index (κ3) is 5.02. The molecule has 0 saturated heterocycles. The van der Waals surface area contributed by atoms with Crippen LogP contribution in [0.3, 0.4) is 0 Å². The van der Waals surface area contributed by atoms with E-state index in [2.05, 4.69) is 50.2 Å². The van der Waals surface area contributed by atoms with Crippen molar-refractivity contribution in [1.29, 1.82) is 0 Å². The van der Waals surface area contributed by atoms with Gasteiger partial charge in [-0.3, -0.25) is 0 Å². The SMILES string of the molecule is Cc1ccc(CCC(C)CCc2ccc(Cl)cc2)cc1. The van der Waals surface area contributed by atoms with E-state index in [0.717, 1.165) is 17.4 Å². The van der Waals surface area contributed by atoms with Crippen LogP contribution in [-0.4, -0.2) is 0 Å². The summed E-state index contributed by atoms with van der Waals surface area (Å²) in [6.07, 6.45) is 4.83. The van der Waals surface area contributed by atoms with Gasteiger partial charge in [-0.05, 0) is 61.8 Å². The van der Waals surface area contributed by atoms with Crippen LogP contribution in [-0.2, 0) is 12.8 Å². The van der Waals surface area contributed by atoms with Gasteiger partial charge in [-0.1, -0.05) is 60.5 Å². The van der Waals surface area contributed by atoms with Crippen LogP contribution in [0.15, 0.2) is 48.5 Å². The van der Waals surface area contributed by atoms with Gasteiger partial charge in [-0.2, -0.15) is 0 Å². The lowest BCUT2D eigenvalue weighted by molar-refractivity contribution is 0.493. The largest absolute Gasteiger partial charge is 0.0843 e. The molecule has 2 aromatic carbocycles. The zero-order valence-electron chi connectivity index (χ0n) is 12.4. The summed E-state index contributed by atoms with van der Waals surface area (Å²) in [5.41, 5.74) is 4.18. The van der Waals surface area contributed by atoms with E-state index in [1.807, 2.05) is 12.1 Å². The molecule has 20 heavy (non-hydrogen) atoms. The molecule has 0 nitrogen and oxygen atoms in total. The highest BCUT2D eigenvalue weighted by molar-refractivity contribution is 6.30. The predicted molar refractivity (Wildman–Crippen MR) is 88.4 cm³/mol. The molecule has 2 aromatic rings. The highest BCUT2D eigenvalue weighted by atomic mass is 35.5. The van der Waals surface area contributed by atoms with E-state index >= 15 is 0 Å². The smallest absolute Gasteiger partial charge is 0.0406 e. The highest BCUT2D eigenvalue weighted by Crippen LogP contribution is 2.17. The second-order valence-electron chi connectivity index (χ2n) is 5.79. The summed E-state index contributed by atoms with van der Waals surface area (Å²) in [6, 6.07) is 17.1. The summed E-state index contributed by atoms with van der Waals surface area (Å²) in [5.74, 6) is 0.756. The normalized spacial score (nSPS) is 12.3. The van der Waals surface area contributed by atoms with Crippen molar-refractivity contribution in [1.82, 2.24) is 0 Å². The van der Waals surface area contributed by atoms with Crippen LogP contribution in [0.25, 0.3) is 0 Å². The molecule has 0 aliphatic rings. The van der Waals surface area contributed by atoms with Gasteiger partial charge in [0.15, 0.2) is 0 Å². The standard InChI is InChI=1S/C19H23Cl/c1-15-3-7-17(8-4-15)9-5-16(2)6-10-18-11-13-19(20)14-12-18/h3-4,7-8,11-14,16H,5-6,9-10H2,1-2H3. The van der Waals surface area contributed by atoms with Crippen molar-refractivity contribution in [2.75, 3.05) is 0 Å². The lowest BCUT2D eigenvalue weighted by atomic mass is 9.94. The van der Waals surface area contributed by atoms with E-state index in [1.54, 1.807) is 0 Å². The maximum atomic E-state index is 5.90. The van der Waals surface area contributed by atoms with E-state index in [-0.39, 0.29) is 0 Å². The Morgan fingerprint density at radius 3 is 1.75 bits per heavy atom. The van der Waals surface area contributed by atoms with Gasteiger partial charge in [0.1, 0.15) is 0 Å². The Kier molecular flexibility index (Phi) is 5.67. The fourth-order valence-corrected chi connectivity index (χ4v) is 2.50. The fraction of sp³-hybridized carbons (Fsp3) is 0.368. The maximum Gasteiger partial charge on any atom is 0.0406 e. The van der Waals surface area contributed by atoms with Crippen LogP contribution in [0, 0.1) is 12.8 Å². The first kappa shape index (κ1) is 15.1. The zero-order valence-corrected chi connectivity index (χ0v) is 13.2. The van der Waals surface area contributed by atoms with Gasteiger partial charge in [0.2, 0.25) is 0 Å². The molecule has 106 valence electrons. The van der Waals surface area contributed by atoms with Gasteiger partial charge in [-0.15, -0.1) is 0 Å². The number of hydrogen-bond acceptors (Lipinski definition) is 0. The molecule has 2 rings (SSSR count). The second-order valence-corrected chi connectivity index (χ2v) is 6.23. The maximum absolute atomic E-state index is 5.90. The van der Waals surface area contributed by atoms with Crippen LogP contribution < -0.4 is 0 Å².